The summed E-state index contributed by atoms with van der Waals surface area (Å²) in [6, 6.07) is 3.82. The first-order valence-electron chi connectivity index (χ1n) is 10.2. The summed E-state index contributed by atoms with van der Waals surface area (Å²) in [6.07, 6.45) is 8.45. The predicted molar refractivity (Wildman–Crippen MR) is 104 cm³/mol. The minimum atomic E-state index is -0.0785. The molecule has 1 aromatic rings. The Hall–Kier alpha value is -1.70. The molecule has 2 aliphatic rings. The molecule has 3 rings (SSSR count). The number of ether oxygens (including phenoxy) is 4. The zero-order valence-electron chi connectivity index (χ0n) is 16.8. The summed E-state index contributed by atoms with van der Waals surface area (Å²) in [6.45, 7) is 4.08. The molecule has 3 heterocycles. The summed E-state index contributed by atoms with van der Waals surface area (Å²) < 4.78 is 22.3. The van der Waals surface area contributed by atoms with E-state index in [4.69, 9.17) is 18.9 Å². The molecule has 0 aromatic carbocycles. The Labute approximate surface area is 167 Å². The molecule has 0 aliphatic carbocycles. The Balaban J connectivity index is 1.38. The third-order valence-electron chi connectivity index (χ3n) is 5.71. The number of carbonyl (C=O) groups is 1. The number of nitrogens with zero attached hydrogens (tertiary/aromatic N) is 2. The second kappa shape index (κ2) is 10.7. The maximum atomic E-state index is 12.3. The quantitative estimate of drug-likeness (QED) is 0.601. The number of amides is 1. The molecule has 0 radical (unpaired) electrons. The van der Waals surface area contributed by atoms with E-state index in [1.165, 1.54) is 0 Å². The van der Waals surface area contributed by atoms with Crippen molar-refractivity contribution in [2.24, 2.45) is 5.92 Å². The highest BCUT2D eigenvalue weighted by atomic mass is 16.5. The van der Waals surface area contributed by atoms with Crippen molar-refractivity contribution < 1.29 is 23.7 Å². The molecule has 7 nitrogen and oxygen atoms in total. The van der Waals surface area contributed by atoms with Gasteiger partial charge in [-0.3, -0.25) is 9.78 Å². The summed E-state index contributed by atoms with van der Waals surface area (Å²) in [5.41, 5.74) is -0.0785. The van der Waals surface area contributed by atoms with Gasteiger partial charge in [-0.25, -0.2) is 0 Å². The number of carbonyl (C=O) groups excluding carboxylic acids is 1. The summed E-state index contributed by atoms with van der Waals surface area (Å²) in [5.74, 6) is 1.48. The minimum Gasteiger partial charge on any atom is -0.492 e. The van der Waals surface area contributed by atoms with Crippen LogP contribution in [-0.2, 0) is 19.0 Å². The molecule has 1 spiro atoms. The second-order valence-electron chi connectivity index (χ2n) is 7.64. The van der Waals surface area contributed by atoms with Gasteiger partial charge in [0.2, 0.25) is 5.91 Å². The number of piperidine rings is 1. The average molecular weight is 392 g/mol. The zero-order valence-corrected chi connectivity index (χ0v) is 16.8. The average Bonchev–Trinajstić information content (AvgIpc) is 2.73. The van der Waals surface area contributed by atoms with E-state index < -0.39 is 0 Å². The smallest absolute Gasteiger partial charge is 0.248 e. The highest BCUT2D eigenvalue weighted by molar-refractivity contribution is 5.77. The second-order valence-corrected chi connectivity index (χ2v) is 7.64. The van der Waals surface area contributed by atoms with Crippen LogP contribution in [-0.4, -0.2) is 74.6 Å². The number of hydrogen-bond acceptors (Lipinski definition) is 6. The van der Waals surface area contributed by atoms with Crippen molar-refractivity contribution in [1.29, 1.82) is 0 Å². The van der Waals surface area contributed by atoms with Crippen LogP contribution in [0.2, 0.25) is 0 Å². The van der Waals surface area contributed by atoms with Gasteiger partial charge in [-0.2, -0.15) is 0 Å². The number of likely N-dealkylation sites (tertiary alicyclic amines) is 1. The highest BCUT2D eigenvalue weighted by Gasteiger charge is 2.40. The lowest BCUT2D eigenvalue weighted by Gasteiger charge is -2.46. The normalized spacial score (nSPS) is 21.6. The van der Waals surface area contributed by atoms with Crippen LogP contribution in [0.1, 0.15) is 32.1 Å². The van der Waals surface area contributed by atoms with Gasteiger partial charge in [0.15, 0.2) is 0 Å². The van der Waals surface area contributed by atoms with Gasteiger partial charge in [0.05, 0.1) is 31.6 Å². The van der Waals surface area contributed by atoms with Gasteiger partial charge in [-0.15, -0.1) is 0 Å². The number of methoxy groups -OCH3 is 1. The van der Waals surface area contributed by atoms with E-state index in [2.05, 4.69) is 4.98 Å². The molecule has 2 fully saturated rings. The van der Waals surface area contributed by atoms with Crippen LogP contribution in [0.5, 0.6) is 5.75 Å². The Kier molecular flexibility index (Phi) is 8.06. The number of aromatic nitrogens is 1. The molecule has 0 bridgehead atoms. The third kappa shape index (κ3) is 6.15. The fraction of sp³-hybridized carbons (Fsp3) is 0.714. The highest BCUT2D eigenvalue weighted by Crippen LogP contribution is 2.38. The molecule has 2 aliphatic heterocycles. The van der Waals surface area contributed by atoms with Crippen molar-refractivity contribution in [2.45, 2.75) is 37.7 Å². The number of hydrogen-bond donors (Lipinski definition) is 0. The Morgan fingerprint density at radius 1 is 1.32 bits per heavy atom. The van der Waals surface area contributed by atoms with Crippen LogP contribution >= 0.6 is 0 Å². The first-order valence-corrected chi connectivity index (χ1v) is 10.2. The standard InChI is InChI=1S/C21H32N2O5/c1-25-13-14-26-17-20(24)23-9-6-21(7-10-23)15-18(5-12-28-21)4-11-27-19-3-2-8-22-16-19/h2-3,8,16,18H,4-7,9-15,17H2,1H3. The van der Waals surface area contributed by atoms with Crippen molar-refractivity contribution in [2.75, 3.05) is 53.2 Å². The fourth-order valence-electron chi connectivity index (χ4n) is 4.06. The summed E-state index contributed by atoms with van der Waals surface area (Å²) in [5, 5.41) is 0. The van der Waals surface area contributed by atoms with Gasteiger partial charge >= 0.3 is 0 Å². The van der Waals surface area contributed by atoms with Crippen LogP contribution < -0.4 is 4.74 Å². The molecule has 1 aromatic heterocycles. The molecular formula is C21H32N2O5. The molecular weight excluding hydrogens is 360 g/mol. The predicted octanol–water partition coefficient (Wildman–Crippen LogP) is 2.30. The van der Waals surface area contributed by atoms with E-state index >= 15 is 0 Å². The summed E-state index contributed by atoms with van der Waals surface area (Å²) in [7, 11) is 1.62. The number of rotatable bonds is 9. The van der Waals surface area contributed by atoms with Gasteiger partial charge in [-0.1, -0.05) is 0 Å². The van der Waals surface area contributed by atoms with Crippen LogP contribution in [0.4, 0.5) is 0 Å². The largest absolute Gasteiger partial charge is 0.492 e. The lowest BCUT2D eigenvalue weighted by atomic mass is 9.78. The maximum Gasteiger partial charge on any atom is 0.248 e. The zero-order chi connectivity index (χ0) is 19.7. The third-order valence-corrected chi connectivity index (χ3v) is 5.71. The summed E-state index contributed by atoms with van der Waals surface area (Å²) >= 11 is 0. The SMILES string of the molecule is COCCOCC(=O)N1CCC2(CC1)CC(CCOc1cccnc1)CCO2. The van der Waals surface area contributed by atoms with Gasteiger partial charge in [0.1, 0.15) is 12.4 Å². The van der Waals surface area contributed by atoms with Crippen molar-refractivity contribution in [3.63, 3.8) is 0 Å². The summed E-state index contributed by atoms with van der Waals surface area (Å²) in [4.78, 5) is 18.2. The van der Waals surface area contributed by atoms with Crippen LogP contribution in [0.15, 0.2) is 24.5 Å². The van der Waals surface area contributed by atoms with Crippen molar-refractivity contribution >= 4 is 5.91 Å². The van der Waals surface area contributed by atoms with E-state index in [-0.39, 0.29) is 18.1 Å². The molecule has 28 heavy (non-hydrogen) atoms. The topological polar surface area (TPSA) is 70.1 Å². The van der Waals surface area contributed by atoms with Crippen LogP contribution in [0, 0.1) is 5.92 Å². The lowest BCUT2D eigenvalue weighted by Crippen LogP contribution is -2.51. The molecule has 156 valence electrons. The molecule has 0 saturated carbocycles. The Morgan fingerprint density at radius 3 is 2.93 bits per heavy atom. The molecule has 2 saturated heterocycles. The van der Waals surface area contributed by atoms with Crippen molar-refractivity contribution in [3.8, 4) is 5.75 Å². The van der Waals surface area contributed by atoms with Gasteiger partial charge in [0, 0.05) is 33.0 Å². The van der Waals surface area contributed by atoms with Gasteiger partial charge < -0.3 is 23.8 Å². The van der Waals surface area contributed by atoms with E-state index in [0.717, 1.165) is 57.6 Å². The van der Waals surface area contributed by atoms with Crippen LogP contribution in [0.25, 0.3) is 0 Å². The molecule has 7 heteroatoms. The van der Waals surface area contributed by atoms with Crippen molar-refractivity contribution in [1.82, 2.24) is 9.88 Å². The van der Waals surface area contributed by atoms with E-state index in [1.807, 2.05) is 17.0 Å². The van der Waals surface area contributed by atoms with Crippen LogP contribution in [0.3, 0.4) is 0 Å². The fourth-order valence-corrected chi connectivity index (χ4v) is 4.06. The Morgan fingerprint density at radius 2 is 2.18 bits per heavy atom. The van der Waals surface area contributed by atoms with E-state index in [1.54, 1.807) is 19.5 Å². The van der Waals surface area contributed by atoms with E-state index in [9.17, 15) is 4.79 Å². The molecule has 1 atom stereocenters. The lowest BCUT2D eigenvalue weighted by molar-refractivity contribution is -0.151. The van der Waals surface area contributed by atoms with Gasteiger partial charge in [0.25, 0.3) is 0 Å². The monoisotopic (exact) mass is 392 g/mol. The molecule has 0 N–H and O–H groups in total. The molecule has 1 amide bonds. The molecule has 1 unspecified atom stereocenters. The first kappa shape index (κ1) is 21.0. The first-order chi connectivity index (χ1) is 13.7. The van der Waals surface area contributed by atoms with E-state index in [0.29, 0.717) is 25.7 Å². The van der Waals surface area contributed by atoms with Gasteiger partial charge in [-0.05, 0) is 50.2 Å². The number of pyridine rings is 1. The maximum absolute atomic E-state index is 12.3. The minimum absolute atomic E-state index is 0.0585. The Bertz CT molecular complexity index is 590. The van der Waals surface area contributed by atoms with Crippen molar-refractivity contribution in [3.05, 3.63) is 24.5 Å².